The van der Waals surface area contributed by atoms with Gasteiger partial charge >= 0.3 is 0 Å². The highest BCUT2D eigenvalue weighted by Gasteiger charge is 2.39. The van der Waals surface area contributed by atoms with Crippen molar-refractivity contribution in [3.05, 3.63) is 11.7 Å². The summed E-state index contributed by atoms with van der Waals surface area (Å²) < 4.78 is 5.30. The number of hydrogen-bond donors (Lipinski definition) is 0. The Hall–Kier alpha value is -1.43. The number of aryl methyl sites for hydroxylation is 1. The highest BCUT2D eigenvalue weighted by Crippen LogP contribution is 2.31. The molecule has 2 unspecified atom stereocenters. The number of carbonyl (C=O) groups is 1. The lowest BCUT2D eigenvalue weighted by Gasteiger charge is -2.34. The number of likely N-dealkylation sites (tertiary alicyclic amines) is 2. The van der Waals surface area contributed by atoms with Crippen molar-refractivity contribution in [2.45, 2.75) is 77.4 Å². The number of nitrogens with zero attached hydrogens (tertiary/aromatic N) is 4. The van der Waals surface area contributed by atoms with E-state index in [2.05, 4.69) is 26.9 Å². The standard InChI is InChI=1S/C17H28N4O2/c1-3-7-16-18-15(19-23-16)12-20-10-5-8-13(20)14-9-6-11-21(14)17(22)4-2/h13-14H,3-12H2,1-2H3. The van der Waals surface area contributed by atoms with Crippen molar-refractivity contribution in [2.24, 2.45) is 0 Å². The zero-order valence-electron chi connectivity index (χ0n) is 14.3. The third-order valence-corrected chi connectivity index (χ3v) is 5.10. The molecule has 2 fully saturated rings. The Morgan fingerprint density at radius 2 is 2.00 bits per heavy atom. The van der Waals surface area contributed by atoms with Gasteiger partial charge in [0.1, 0.15) is 0 Å². The largest absolute Gasteiger partial charge is 0.339 e. The molecule has 3 heterocycles. The Bertz CT molecular complexity index is 530. The van der Waals surface area contributed by atoms with Crippen LogP contribution in [0.3, 0.4) is 0 Å². The van der Waals surface area contributed by atoms with Crippen LogP contribution in [0.2, 0.25) is 0 Å². The van der Waals surface area contributed by atoms with Crippen LogP contribution in [-0.4, -0.2) is 51.0 Å². The molecule has 1 amide bonds. The summed E-state index contributed by atoms with van der Waals surface area (Å²) in [5.74, 6) is 1.82. The third kappa shape index (κ3) is 3.57. The summed E-state index contributed by atoms with van der Waals surface area (Å²) >= 11 is 0. The Labute approximate surface area is 138 Å². The number of carbonyl (C=O) groups excluding carboxylic acids is 1. The molecule has 128 valence electrons. The van der Waals surface area contributed by atoms with Crippen molar-refractivity contribution in [1.82, 2.24) is 19.9 Å². The Morgan fingerprint density at radius 1 is 1.22 bits per heavy atom. The van der Waals surface area contributed by atoms with E-state index in [1.807, 2.05) is 6.92 Å². The average molecular weight is 320 g/mol. The van der Waals surface area contributed by atoms with E-state index in [0.717, 1.165) is 63.5 Å². The molecule has 2 atom stereocenters. The molecule has 0 radical (unpaired) electrons. The summed E-state index contributed by atoms with van der Waals surface area (Å²) in [5.41, 5.74) is 0. The van der Waals surface area contributed by atoms with Gasteiger partial charge in [0.25, 0.3) is 0 Å². The lowest BCUT2D eigenvalue weighted by atomic mass is 10.0. The molecule has 2 aliphatic rings. The maximum Gasteiger partial charge on any atom is 0.226 e. The van der Waals surface area contributed by atoms with Crippen molar-refractivity contribution in [3.63, 3.8) is 0 Å². The van der Waals surface area contributed by atoms with Crippen molar-refractivity contribution < 1.29 is 9.32 Å². The van der Waals surface area contributed by atoms with Crippen molar-refractivity contribution >= 4 is 5.91 Å². The SMILES string of the molecule is CCCc1nc(CN2CCCC2C2CCCN2C(=O)CC)no1. The van der Waals surface area contributed by atoms with Gasteiger partial charge < -0.3 is 9.42 Å². The van der Waals surface area contributed by atoms with Gasteiger partial charge in [-0.05, 0) is 38.6 Å². The van der Waals surface area contributed by atoms with Gasteiger partial charge in [0.05, 0.1) is 6.54 Å². The Kier molecular flexibility index (Phi) is 5.30. The minimum absolute atomic E-state index is 0.296. The fraction of sp³-hybridized carbons (Fsp3) is 0.824. The zero-order valence-corrected chi connectivity index (χ0v) is 14.3. The second-order valence-corrected chi connectivity index (χ2v) is 6.68. The van der Waals surface area contributed by atoms with Crippen LogP contribution in [0.25, 0.3) is 0 Å². The molecule has 0 N–H and O–H groups in total. The van der Waals surface area contributed by atoms with Gasteiger partial charge in [-0.3, -0.25) is 9.69 Å². The maximum atomic E-state index is 12.2. The van der Waals surface area contributed by atoms with Crippen molar-refractivity contribution in [1.29, 1.82) is 0 Å². The summed E-state index contributed by atoms with van der Waals surface area (Å²) in [7, 11) is 0. The molecule has 0 bridgehead atoms. The minimum atomic E-state index is 0.296. The van der Waals surface area contributed by atoms with Gasteiger partial charge in [-0.1, -0.05) is 19.0 Å². The highest BCUT2D eigenvalue weighted by atomic mass is 16.5. The van der Waals surface area contributed by atoms with Crippen LogP contribution >= 0.6 is 0 Å². The number of rotatable bonds is 6. The van der Waals surface area contributed by atoms with E-state index < -0.39 is 0 Å². The van der Waals surface area contributed by atoms with E-state index in [-0.39, 0.29) is 0 Å². The Morgan fingerprint density at radius 3 is 2.78 bits per heavy atom. The molecule has 0 saturated carbocycles. The van der Waals surface area contributed by atoms with Crippen LogP contribution in [0.15, 0.2) is 4.52 Å². The molecule has 23 heavy (non-hydrogen) atoms. The normalized spacial score (nSPS) is 25.4. The third-order valence-electron chi connectivity index (χ3n) is 5.10. The predicted octanol–water partition coefficient (Wildman–Crippen LogP) is 2.39. The molecule has 0 aromatic carbocycles. The second kappa shape index (κ2) is 7.43. The molecule has 6 nitrogen and oxygen atoms in total. The Balaban J connectivity index is 1.66. The van der Waals surface area contributed by atoms with Gasteiger partial charge in [0.2, 0.25) is 11.8 Å². The molecule has 6 heteroatoms. The summed E-state index contributed by atoms with van der Waals surface area (Å²) in [6.45, 7) is 6.79. The first kappa shape index (κ1) is 16.4. The molecule has 0 aliphatic carbocycles. The van der Waals surface area contributed by atoms with E-state index in [0.29, 0.717) is 24.4 Å². The van der Waals surface area contributed by atoms with Gasteiger partial charge in [0, 0.05) is 31.5 Å². The number of hydrogen-bond acceptors (Lipinski definition) is 5. The first-order chi connectivity index (χ1) is 11.2. The van der Waals surface area contributed by atoms with Crippen LogP contribution in [0, 0.1) is 0 Å². The quantitative estimate of drug-likeness (QED) is 0.805. The van der Waals surface area contributed by atoms with E-state index >= 15 is 0 Å². The molecule has 1 aromatic rings. The zero-order chi connectivity index (χ0) is 16.2. The van der Waals surface area contributed by atoms with Gasteiger partial charge in [-0.15, -0.1) is 0 Å². The van der Waals surface area contributed by atoms with Crippen LogP contribution in [0.5, 0.6) is 0 Å². The lowest BCUT2D eigenvalue weighted by molar-refractivity contribution is -0.132. The molecule has 2 aliphatic heterocycles. The van der Waals surface area contributed by atoms with Gasteiger partial charge in [-0.25, -0.2) is 0 Å². The molecule has 3 rings (SSSR count). The lowest BCUT2D eigenvalue weighted by Crippen LogP contribution is -2.48. The summed E-state index contributed by atoms with van der Waals surface area (Å²) in [6, 6.07) is 0.813. The van der Waals surface area contributed by atoms with Crippen LogP contribution < -0.4 is 0 Å². The monoisotopic (exact) mass is 320 g/mol. The fourth-order valence-electron chi connectivity index (χ4n) is 4.04. The second-order valence-electron chi connectivity index (χ2n) is 6.68. The van der Waals surface area contributed by atoms with Crippen molar-refractivity contribution in [3.8, 4) is 0 Å². The molecule has 1 aromatic heterocycles. The first-order valence-corrected chi connectivity index (χ1v) is 9.08. The summed E-state index contributed by atoms with van der Waals surface area (Å²) in [4.78, 5) is 21.2. The van der Waals surface area contributed by atoms with Crippen LogP contribution in [0.4, 0.5) is 0 Å². The van der Waals surface area contributed by atoms with Gasteiger partial charge in [0.15, 0.2) is 5.82 Å². The van der Waals surface area contributed by atoms with Crippen LogP contribution in [0.1, 0.15) is 64.1 Å². The minimum Gasteiger partial charge on any atom is -0.339 e. The summed E-state index contributed by atoms with van der Waals surface area (Å²) in [5, 5.41) is 4.12. The molecular weight excluding hydrogens is 292 g/mol. The van der Waals surface area contributed by atoms with E-state index in [1.54, 1.807) is 0 Å². The smallest absolute Gasteiger partial charge is 0.226 e. The fourth-order valence-corrected chi connectivity index (χ4v) is 4.04. The maximum absolute atomic E-state index is 12.2. The van der Waals surface area contributed by atoms with Crippen molar-refractivity contribution in [2.75, 3.05) is 13.1 Å². The number of amides is 1. The summed E-state index contributed by atoms with van der Waals surface area (Å²) in [6.07, 6.45) is 7.08. The van der Waals surface area contributed by atoms with Crippen LogP contribution in [-0.2, 0) is 17.8 Å². The molecule has 2 saturated heterocycles. The predicted molar refractivity (Wildman–Crippen MR) is 86.8 cm³/mol. The molecule has 0 spiro atoms. The average Bonchev–Trinajstić information content (AvgIpc) is 3.27. The van der Waals surface area contributed by atoms with E-state index in [1.165, 1.54) is 6.42 Å². The molecular formula is C17H28N4O2. The topological polar surface area (TPSA) is 62.5 Å². The first-order valence-electron chi connectivity index (χ1n) is 9.08. The van der Waals surface area contributed by atoms with Gasteiger partial charge in [-0.2, -0.15) is 4.98 Å². The number of aromatic nitrogens is 2. The highest BCUT2D eigenvalue weighted by molar-refractivity contribution is 5.76. The van der Waals surface area contributed by atoms with E-state index in [4.69, 9.17) is 4.52 Å². The van der Waals surface area contributed by atoms with E-state index in [9.17, 15) is 4.79 Å².